The van der Waals surface area contributed by atoms with Crippen LogP contribution in [-0.4, -0.2) is 30.2 Å². The fourth-order valence-corrected chi connectivity index (χ4v) is 5.11. The first-order chi connectivity index (χ1) is 12.2. The van der Waals surface area contributed by atoms with Crippen molar-refractivity contribution in [3.63, 3.8) is 0 Å². The highest BCUT2D eigenvalue weighted by Crippen LogP contribution is 2.59. The van der Waals surface area contributed by atoms with Gasteiger partial charge in [-0.05, 0) is 79.7 Å². The summed E-state index contributed by atoms with van der Waals surface area (Å²) < 4.78 is 0. The number of nitrogens with one attached hydrogen (secondary N) is 1. The van der Waals surface area contributed by atoms with Crippen molar-refractivity contribution < 1.29 is 4.79 Å². The van der Waals surface area contributed by atoms with E-state index < -0.39 is 0 Å². The molecule has 1 unspecified atom stereocenters. The highest BCUT2D eigenvalue weighted by molar-refractivity contribution is 7.98. The number of benzene rings is 1. The average Bonchev–Trinajstić information content (AvgIpc) is 3.09. The molecule has 1 N–H and O–H groups in total. The average molecular weight is 373 g/mol. The molecule has 2 aromatic rings. The van der Waals surface area contributed by atoms with Gasteiger partial charge >= 0.3 is 0 Å². The summed E-state index contributed by atoms with van der Waals surface area (Å²) in [4.78, 5) is 17.8. The number of carbonyl (C=O) groups is 1. The van der Waals surface area contributed by atoms with Gasteiger partial charge in [0.15, 0.2) is 0 Å². The number of piperidine rings is 1. The van der Waals surface area contributed by atoms with Gasteiger partial charge in [-0.1, -0.05) is 6.07 Å². The van der Waals surface area contributed by atoms with Crippen LogP contribution in [0.25, 0.3) is 0 Å². The van der Waals surface area contributed by atoms with Crippen molar-refractivity contribution in [1.29, 1.82) is 0 Å². The van der Waals surface area contributed by atoms with E-state index in [2.05, 4.69) is 46.1 Å². The minimum atomic E-state index is 0.205. The summed E-state index contributed by atoms with van der Waals surface area (Å²) in [6.45, 7) is 3.29. The SMILES string of the molecule is CSc1ccc(NC(=O)C2CC23CCN(Cc2cccs2)CC3)cc1. The van der Waals surface area contributed by atoms with Crippen LogP contribution in [0.15, 0.2) is 46.7 Å². The minimum Gasteiger partial charge on any atom is -0.326 e. The van der Waals surface area contributed by atoms with Crippen LogP contribution in [-0.2, 0) is 11.3 Å². The first-order valence-corrected chi connectivity index (χ1v) is 11.0. The molecule has 1 aliphatic heterocycles. The van der Waals surface area contributed by atoms with Gasteiger partial charge in [0.1, 0.15) is 0 Å². The number of rotatable bonds is 5. The van der Waals surface area contributed by atoms with Crippen molar-refractivity contribution in [3.8, 4) is 0 Å². The van der Waals surface area contributed by atoms with Gasteiger partial charge < -0.3 is 5.32 Å². The van der Waals surface area contributed by atoms with Crippen molar-refractivity contribution in [3.05, 3.63) is 46.7 Å². The van der Waals surface area contributed by atoms with Crippen molar-refractivity contribution in [1.82, 2.24) is 4.90 Å². The number of hydrogen-bond acceptors (Lipinski definition) is 4. The zero-order valence-corrected chi connectivity index (χ0v) is 16.2. The first kappa shape index (κ1) is 17.1. The molecule has 3 nitrogen and oxygen atoms in total. The van der Waals surface area contributed by atoms with Gasteiger partial charge in [0.05, 0.1) is 0 Å². The number of nitrogens with zero attached hydrogens (tertiary/aromatic N) is 1. The Labute approximate surface area is 157 Å². The summed E-state index contributed by atoms with van der Waals surface area (Å²) in [6.07, 6.45) is 5.44. The van der Waals surface area contributed by atoms with Crippen LogP contribution < -0.4 is 5.32 Å². The van der Waals surface area contributed by atoms with E-state index in [0.717, 1.165) is 44.6 Å². The molecule has 1 saturated carbocycles. The number of anilines is 1. The van der Waals surface area contributed by atoms with Crippen LogP contribution in [0.3, 0.4) is 0 Å². The largest absolute Gasteiger partial charge is 0.326 e. The van der Waals surface area contributed by atoms with Crippen LogP contribution >= 0.6 is 23.1 Å². The maximum Gasteiger partial charge on any atom is 0.228 e. The maximum absolute atomic E-state index is 12.6. The molecule has 132 valence electrons. The van der Waals surface area contributed by atoms with E-state index >= 15 is 0 Å². The molecule has 5 heteroatoms. The highest BCUT2D eigenvalue weighted by Gasteiger charge is 2.58. The molecule has 1 spiro atoms. The summed E-state index contributed by atoms with van der Waals surface area (Å²) in [5.41, 5.74) is 1.19. The molecule has 1 aromatic carbocycles. The second-order valence-electron chi connectivity index (χ2n) is 7.19. The summed E-state index contributed by atoms with van der Waals surface area (Å²) in [6, 6.07) is 12.5. The Morgan fingerprint density at radius 2 is 2.04 bits per heavy atom. The molecule has 1 aromatic heterocycles. The van der Waals surface area contributed by atoms with Crippen molar-refractivity contribution in [2.75, 3.05) is 24.7 Å². The molecular weight excluding hydrogens is 348 g/mol. The zero-order valence-electron chi connectivity index (χ0n) is 14.5. The number of thiophene rings is 1. The second-order valence-corrected chi connectivity index (χ2v) is 9.10. The molecule has 25 heavy (non-hydrogen) atoms. The lowest BCUT2D eigenvalue weighted by Gasteiger charge is -2.32. The topological polar surface area (TPSA) is 32.3 Å². The predicted molar refractivity (Wildman–Crippen MR) is 106 cm³/mol. The molecule has 1 saturated heterocycles. The van der Waals surface area contributed by atoms with Crippen LogP contribution in [0.5, 0.6) is 0 Å². The van der Waals surface area contributed by atoms with Crippen LogP contribution in [0, 0.1) is 11.3 Å². The number of likely N-dealkylation sites (tertiary alicyclic amines) is 1. The van der Waals surface area contributed by atoms with Gasteiger partial charge in [0.25, 0.3) is 0 Å². The van der Waals surface area contributed by atoms with E-state index in [1.165, 1.54) is 9.77 Å². The number of thioether (sulfide) groups is 1. The normalized spacial score (nSPS) is 22.0. The Kier molecular flexibility index (Phi) is 4.89. The Morgan fingerprint density at radius 1 is 1.28 bits per heavy atom. The molecule has 1 atom stereocenters. The van der Waals surface area contributed by atoms with Crippen LogP contribution in [0.2, 0.25) is 0 Å². The molecule has 0 bridgehead atoms. The van der Waals surface area contributed by atoms with Gasteiger partial charge in [-0.25, -0.2) is 0 Å². The van der Waals surface area contributed by atoms with Crippen LogP contribution in [0.1, 0.15) is 24.1 Å². The standard InChI is InChI=1S/C20H24N2OS2/c1-24-16-6-4-15(5-7-16)21-19(23)18-13-20(18)8-10-22(11-9-20)14-17-3-2-12-25-17/h2-7,12,18H,8-11,13-14H2,1H3,(H,21,23). The summed E-state index contributed by atoms with van der Waals surface area (Å²) in [5.74, 6) is 0.417. The summed E-state index contributed by atoms with van der Waals surface area (Å²) in [7, 11) is 0. The Bertz CT molecular complexity index is 719. The number of carbonyl (C=O) groups excluding carboxylic acids is 1. The van der Waals surface area contributed by atoms with E-state index in [0.29, 0.717) is 0 Å². The zero-order chi connectivity index (χ0) is 17.3. The monoisotopic (exact) mass is 372 g/mol. The van der Waals surface area contributed by atoms with Gasteiger partial charge in [-0.2, -0.15) is 0 Å². The highest BCUT2D eigenvalue weighted by atomic mass is 32.2. The third kappa shape index (κ3) is 3.78. The molecule has 4 rings (SSSR count). The van der Waals surface area contributed by atoms with Gasteiger partial charge in [0.2, 0.25) is 5.91 Å². The van der Waals surface area contributed by atoms with Gasteiger partial charge in [-0.3, -0.25) is 9.69 Å². The molecule has 1 amide bonds. The van der Waals surface area contributed by atoms with Crippen molar-refractivity contribution in [2.45, 2.75) is 30.7 Å². The quantitative estimate of drug-likeness (QED) is 0.772. The molecule has 2 aliphatic rings. The third-order valence-electron chi connectivity index (χ3n) is 5.68. The summed E-state index contributed by atoms with van der Waals surface area (Å²) in [5, 5.41) is 5.26. The lowest BCUT2D eigenvalue weighted by molar-refractivity contribution is -0.118. The second kappa shape index (κ2) is 7.14. The van der Waals surface area contributed by atoms with Gasteiger partial charge in [-0.15, -0.1) is 23.1 Å². The Hall–Kier alpha value is -1.30. The van der Waals surface area contributed by atoms with Crippen molar-refractivity contribution >= 4 is 34.7 Å². The molecule has 0 radical (unpaired) electrons. The summed E-state index contributed by atoms with van der Waals surface area (Å²) >= 11 is 3.55. The van der Waals surface area contributed by atoms with Gasteiger partial charge in [0, 0.05) is 27.9 Å². The molecular formula is C20H24N2OS2. The number of amides is 1. The lowest BCUT2D eigenvalue weighted by Crippen LogP contribution is -2.35. The fourth-order valence-electron chi connectivity index (χ4n) is 3.95. The predicted octanol–water partition coefficient (Wildman–Crippen LogP) is 4.71. The maximum atomic E-state index is 12.6. The fraction of sp³-hybridized carbons (Fsp3) is 0.450. The Balaban J connectivity index is 1.28. The molecule has 1 aliphatic carbocycles. The van der Waals surface area contributed by atoms with E-state index in [-0.39, 0.29) is 17.2 Å². The van der Waals surface area contributed by atoms with E-state index in [9.17, 15) is 4.79 Å². The number of hydrogen-bond donors (Lipinski definition) is 1. The lowest BCUT2D eigenvalue weighted by atomic mass is 9.90. The molecule has 2 heterocycles. The van der Waals surface area contributed by atoms with E-state index in [4.69, 9.17) is 0 Å². The van der Waals surface area contributed by atoms with Crippen molar-refractivity contribution in [2.24, 2.45) is 11.3 Å². The first-order valence-electron chi connectivity index (χ1n) is 8.88. The van der Waals surface area contributed by atoms with E-state index in [1.807, 2.05) is 23.5 Å². The minimum absolute atomic E-state index is 0.205. The molecule has 2 fully saturated rings. The smallest absolute Gasteiger partial charge is 0.228 e. The Morgan fingerprint density at radius 3 is 2.68 bits per heavy atom. The van der Waals surface area contributed by atoms with Crippen LogP contribution in [0.4, 0.5) is 5.69 Å². The third-order valence-corrected chi connectivity index (χ3v) is 7.28. The van der Waals surface area contributed by atoms with E-state index in [1.54, 1.807) is 11.8 Å².